The van der Waals surface area contributed by atoms with E-state index in [0.29, 0.717) is 12.2 Å². The van der Waals surface area contributed by atoms with Crippen LogP contribution in [0.1, 0.15) is 36.0 Å². The summed E-state index contributed by atoms with van der Waals surface area (Å²) in [6, 6.07) is 9.41. The summed E-state index contributed by atoms with van der Waals surface area (Å²) in [5.74, 6) is 0.216. The zero-order valence-electron chi connectivity index (χ0n) is 13.4. The maximum absolute atomic E-state index is 12.5. The van der Waals surface area contributed by atoms with Crippen molar-refractivity contribution in [1.29, 1.82) is 0 Å². The summed E-state index contributed by atoms with van der Waals surface area (Å²) >= 11 is 0. The molecule has 23 heavy (non-hydrogen) atoms. The zero-order chi connectivity index (χ0) is 16.1. The van der Waals surface area contributed by atoms with Gasteiger partial charge in [-0.3, -0.25) is 9.59 Å². The van der Waals surface area contributed by atoms with Crippen LogP contribution in [0.25, 0.3) is 0 Å². The van der Waals surface area contributed by atoms with E-state index in [2.05, 4.69) is 5.32 Å². The number of benzene rings is 1. The highest BCUT2D eigenvalue weighted by molar-refractivity contribution is 5.94. The van der Waals surface area contributed by atoms with Crippen molar-refractivity contribution in [2.45, 2.75) is 31.7 Å². The number of piperidine rings is 1. The minimum Gasteiger partial charge on any atom is -0.381 e. The normalized spacial score (nSPS) is 22.6. The quantitative estimate of drug-likeness (QED) is 0.925. The fourth-order valence-electron chi connectivity index (χ4n) is 3.30. The first-order chi connectivity index (χ1) is 11.2. The van der Waals surface area contributed by atoms with Gasteiger partial charge in [0.15, 0.2) is 0 Å². The van der Waals surface area contributed by atoms with E-state index >= 15 is 0 Å². The number of carbonyl (C=O) groups excluding carboxylic acids is 2. The van der Waals surface area contributed by atoms with Crippen molar-refractivity contribution in [2.24, 2.45) is 5.92 Å². The SMILES string of the molecule is O=C(NC1CCN(C(=O)C2CCCOC2)CC1)c1ccccc1. The molecular formula is C18H24N2O3. The summed E-state index contributed by atoms with van der Waals surface area (Å²) in [6.07, 6.45) is 3.54. The van der Waals surface area contributed by atoms with Gasteiger partial charge in [0.25, 0.3) is 5.91 Å². The lowest BCUT2D eigenvalue weighted by Gasteiger charge is -2.35. The number of amides is 2. The van der Waals surface area contributed by atoms with E-state index in [-0.39, 0.29) is 23.8 Å². The van der Waals surface area contributed by atoms with Crippen molar-refractivity contribution < 1.29 is 14.3 Å². The topological polar surface area (TPSA) is 58.6 Å². The van der Waals surface area contributed by atoms with Gasteiger partial charge in [-0.2, -0.15) is 0 Å². The summed E-state index contributed by atoms with van der Waals surface area (Å²) < 4.78 is 5.41. The Kier molecular flexibility index (Phi) is 5.28. The van der Waals surface area contributed by atoms with Gasteiger partial charge < -0.3 is 15.0 Å². The molecule has 1 aromatic rings. The summed E-state index contributed by atoms with van der Waals surface area (Å²) in [6.45, 7) is 2.77. The smallest absolute Gasteiger partial charge is 0.251 e. The Labute approximate surface area is 137 Å². The number of hydrogen-bond acceptors (Lipinski definition) is 3. The number of nitrogens with zero attached hydrogens (tertiary/aromatic N) is 1. The van der Waals surface area contributed by atoms with E-state index in [1.54, 1.807) is 0 Å². The molecule has 1 N–H and O–H groups in total. The lowest BCUT2D eigenvalue weighted by Crippen LogP contribution is -2.49. The molecule has 2 fully saturated rings. The molecule has 0 aromatic heterocycles. The summed E-state index contributed by atoms with van der Waals surface area (Å²) in [7, 11) is 0. The third kappa shape index (κ3) is 4.10. The van der Waals surface area contributed by atoms with Crippen LogP contribution >= 0.6 is 0 Å². The highest BCUT2D eigenvalue weighted by Crippen LogP contribution is 2.19. The van der Waals surface area contributed by atoms with E-state index in [1.807, 2.05) is 35.2 Å². The molecule has 0 radical (unpaired) electrons. The monoisotopic (exact) mass is 316 g/mol. The Morgan fingerprint density at radius 3 is 2.48 bits per heavy atom. The van der Waals surface area contributed by atoms with Gasteiger partial charge in [-0.25, -0.2) is 0 Å². The molecule has 2 aliphatic rings. The molecule has 124 valence electrons. The molecule has 0 saturated carbocycles. The number of ether oxygens (including phenoxy) is 1. The van der Waals surface area contributed by atoms with Crippen LogP contribution in [0.5, 0.6) is 0 Å². The molecule has 2 amide bonds. The second kappa shape index (κ2) is 7.59. The van der Waals surface area contributed by atoms with Gasteiger partial charge in [-0.1, -0.05) is 18.2 Å². The van der Waals surface area contributed by atoms with Crippen molar-refractivity contribution in [2.75, 3.05) is 26.3 Å². The third-order valence-corrected chi connectivity index (χ3v) is 4.69. The van der Waals surface area contributed by atoms with Crippen LogP contribution in [-0.2, 0) is 9.53 Å². The van der Waals surface area contributed by atoms with Gasteiger partial charge in [-0.05, 0) is 37.8 Å². The standard InChI is InChI=1S/C18H24N2O3/c21-17(14-5-2-1-3-6-14)19-16-8-10-20(11-9-16)18(22)15-7-4-12-23-13-15/h1-3,5-6,15-16H,4,7-13H2,(H,19,21). The van der Waals surface area contributed by atoms with E-state index in [0.717, 1.165) is 45.4 Å². The van der Waals surface area contributed by atoms with Gasteiger partial charge in [0.1, 0.15) is 0 Å². The molecule has 3 rings (SSSR count). The number of carbonyl (C=O) groups is 2. The second-order valence-electron chi connectivity index (χ2n) is 6.35. The highest BCUT2D eigenvalue weighted by atomic mass is 16.5. The van der Waals surface area contributed by atoms with E-state index in [4.69, 9.17) is 4.74 Å². The predicted molar refractivity (Wildman–Crippen MR) is 87.1 cm³/mol. The molecule has 0 bridgehead atoms. The second-order valence-corrected chi connectivity index (χ2v) is 6.35. The minimum absolute atomic E-state index is 0.0270. The molecule has 1 unspecified atom stereocenters. The van der Waals surface area contributed by atoms with E-state index < -0.39 is 0 Å². The third-order valence-electron chi connectivity index (χ3n) is 4.69. The molecule has 2 saturated heterocycles. The van der Waals surface area contributed by atoms with Crippen LogP contribution in [0, 0.1) is 5.92 Å². The maximum Gasteiger partial charge on any atom is 0.251 e. The summed E-state index contributed by atoms with van der Waals surface area (Å²) in [4.78, 5) is 26.6. The first kappa shape index (κ1) is 16.0. The van der Waals surface area contributed by atoms with Crippen LogP contribution < -0.4 is 5.32 Å². The zero-order valence-corrected chi connectivity index (χ0v) is 13.4. The van der Waals surface area contributed by atoms with Crippen LogP contribution in [0.3, 0.4) is 0 Å². The Bertz CT molecular complexity index is 532. The Hall–Kier alpha value is -1.88. The van der Waals surface area contributed by atoms with Gasteiger partial charge in [-0.15, -0.1) is 0 Å². The first-order valence-electron chi connectivity index (χ1n) is 8.46. The average molecular weight is 316 g/mol. The highest BCUT2D eigenvalue weighted by Gasteiger charge is 2.30. The van der Waals surface area contributed by atoms with Gasteiger partial charge in [0, 0.05) is 31.3 Å². The van der Waals surface area contributed by atoms with Gasteiger partial charge in [0.05, 0.1) is 12.5 Å². The Balaban J connectivity index is 1.46. The average Bonchev–Trinajstić information content (AvgIpc) is 2.63. The fraction of sp³-hybridized carbons (Fsp3) is 0.556. The fourth-order valence-corrected chi connectivity index (χ4v) is 3.30. The Morgan fingerprint density at radius 1 is 1.09 bits per heavy atom. The molecular weight excluding hydrogens is 292 g/mol. The van der Waals surface area contributed by atoms with E-state index in [9.17, 15) is 9.59 Å². The predicted octanol–water partition coefficient (Wildman–Crippen LogP) is 1.83. The summed E-state index contributed by atoms with van der Waals surface area (Å²) in [5, 5.41) is 3.07. The largest absolute Gasteiger partial charge is 0.381 e. The molecule has 0 spiro atoms. The lowest BCUT2D eigenvalue weighted by atomic mass is 9.98. The molecule has 2 heterocycles. The lowest BCUT2D eigenvalue weighted by molar-refractivity contribution is -0.140. The van der Waals surface area contributed by atoms with Crippen LogP contribution in [0.4, 0.5) is 0 Å². The summed E-state index contributed by atoms with van der Waals surface area (Å²) in [5.41, 5.74) is 0.686. The van der Waals surface area contributed by atoms with Crippen molar-refractivity contribution in [3.05, 3.63) is 35.9 Å². The first-order valence-corrected chi connectivity index (χ1v) is 8.46. The van der Waals surface area contributed by atoms with Crippen LogP contribution in [0.2, 0.25) is 0 Å². The van der Waals surface area contributed by atoms with Gasteiger partial charge >= 0.3 is 0 Å². The molecule has 1 atom stereocenters. The molecule has 2 aliphatic heterocycles. The molecule has 5 heteroatoms. The Morgan fingerprint density at radius 2 is 1.83 bits per heavy atom. The van der Waals surface area contributed by atoms with Gasteiger partial charge in [0.2, 0.25) is 5.91 Å². The van der Waals surface area contributed by atoms with Crippen LogP contribution in [-0.4, -0.2) is 49.1 Å². The van der Waals surface area contributed by atoms with Crippen LogP contribution in [0.15, 0.2) is 30.3 Å². The van der Waals surface area contributed by atoms with Crippen molar-refractivity contribution in [3.63, 3.8) is 0 Å². The molecule has 5 nitrogen and oxygen atoms in total. The number of likely N-dealkylation sites (tertiary alicyclic amines) is 1. The number of rotatable bonds is 3. The van der Waals surface area contributed by atoms with Crippen molar-refractivity contribution in [1.82, 2.24) is 10.2 Å². The minimum atomic E-state index is -0.0314. The number of hydrogen-bond donors (Lipinski definition) is 1. The van der Waals surface area contributed by atoms with Crippen molar-refractivity contribution >= 4 is 11.8 Å². The number of nitrogens with one attached hydrogen (secondary N) is 1. The maximum atomic E-state index is 12.5. The molecule has 1 aromatic carbocycles. The van der Waals surface area contributed by atoms with Crippen molar-refractivity contribution in [3.8, 4) is 0 Å². The molecule has 0 aliphatic carbocycles. The van der Waals surface area contributed by atoms with E-state index in [1.165, 1.54) is 0 Å².